The third-order valence-corrected chi connectivity index (χ3v) is 0. The zero-order valence-corrected chi connectivity index (χ0v) is 5.13. The molecule has 39 valence electrons. The predicted molar refractivity (Wildman–Crippen MR) is 23.7 cm³/mol. The third-order valence-electron chi connectivity index (χ3n) is 0. The Morgan fingerprint density at radius 2 is 0.667 bits per heavy atom. The normalized spacial score (nSPS) is 0. The van der Waals surface area contributed by atoms with Crippen molar-refractivity contribution in [2.24, 2.45) is 0 Å². The van der Waals surface area contributed by atoms with E-state index in [1.807, 2.05) is 0 Å². The van der Waals surface area contributed by atoms with E-state index in [1.54, 1.807) is 0 Å². The van der Waals surface area contributed by atoms with Gasteiger partial charge in [-0.15, -0.1) is 0 Å². The molecular formula is H6BCaF4. The van der Waals surface area contributed by atoms with Crippen molar-refractivity contribution in [1.82, 2.24) is 0 Å². The van der Waals surface area contributed by atoms with Gasteiger partial charge in [0.1, 0.15) is 0 Å². The van der Waals surface area contributed by atoms with E-state index >= 15 is 0 Å². The first-order valence-corrected chi connectivity index (χ1v) is 0. The Labute approximate surface area is 67.7 Å². The molecule has 0 aromatic heterocycles. The molecule has 0 rings (SSSR count). The van der Waals surface area contributed by atoms with E-state index in [9.17, 15) is 0 Å². The van der Waals surface area contributed by atoms with Crippen molar-refractivity contribution in [2.75, 3.05) is 0 Å². The first-order valence-electron chi connectivity index (χ1n) is 0. The summed E-state index contributed by atoms with van der Waals surface area (Å²) >= 11 is 0. The molecule has 3 radical (unpaired) electrons. The quantitative estimate of drug-likeness (QED) is 0.324. The first-order chi connectivity index (χ1) is 0. The molecule has 0 N–H and O–H groups in total. The average molecular weight is 133 g/mol. The molecule has 0 aliphatic rings. The van der Waals surface area contributed by atoms with E-state index in [0.717, 1.165) is 0 Å². The molecule has 0 saturated carbocycles. The number of rotatable bonds is 0. The molecule has 0 unspecified atom stereocenters. The molecule has 0 nitrogen and oxygen atoms in total. The van der Waals surface area contributed by atoms with Crippen molar-refractivity contribution < 1.29 is 21.7 Å². The van der Waals surface area contributed by atoms with E-state index in [4.69, 9.17) is 0 Å². The standard InChI is InChI=1S/B.Ca.4FH.2H/h;;4*1H;;/q;+2;;;;;2*-1. The second-order valence-corrected chi connectivity index (χ2v) is 0. The van der Waals surface area contributed by atoms with E-state index in [-0.39, 0.29) is 67.8 Å². The summed E-state index contributed by atoms with van der Waals surface area (Å²) in [5, 5.41) is 0. The van der Waals surface area contributed by atoms with Gasteiger partial charge in [-0.05, 0) is 0 Å². The summed E-state index contributed by atoms with van der Waals surface area (Å²) in [6, 6.07) is 0. The molecule has 0 spiro atoms. The Balaban J connectivity index is 0. The molecule has 0 fully saturated rings. The van der Waals surface area contributed by atoms with Gasteiger partial charge in [-0.3, -0.25) is 18.8 Å². The molecule has 0 aliphatic heterocycles. The molecule has 0 bridgehead atoms. The van der Waals surface area contributed by atoms with Gasteiger partial charge in [0.25, 0.3) is 0 Å². The summed E-state index contributed by atoms with van der Waals surface area (Å²) in [6.07, 6.45) is 0. The van der Waals surface area contributed by atoms with Gasteiger partial charge in [0.15, 0.2) is 0 Å². The van der Waals surface area contributed by atoms with Crippen LogP contribution in [0.2, 0.25) is 0 Å². The van der Waals surface area contributed by atoms with Crippen LogP contribution in [0.1, 0.15) is 2.85 Å². The number of hydrogen-bond donors (Lipinski definition) is 0. The van der Waals surface area contributed by atoms with Crippen LogP contribution in [0.5, 0.6) is 0 Å². The molecule has 0 amide bonds. The van der Waals surface area contributed by atoms with Crippen molar-refractivity contribution in [3.05, 3.63) is 0 Å². The Hall–Kier alpha value is 1.04. The molecule has 0 atom stereocenters. The smallest absolute Gasteiger partial charge is 1.00 e. The fourth-order valence-electron chi connectivity index (χ4n) is 0. The molecule has 6 heavy (non-hydrogen) atoms. The van der Waals surface area contributed by atoms with Crippen LogP contribution in [-0.2, 0) is 0 Å². The first kappa shape index (κ1) is 236. The minimum Gasteiger partial charge on any atom is -1.00 e. The zero-order chi connectivity index (χ0) is 0. The van der Waals surface area contributed by atoms with Gasteiger partial charge in [0, 0.05) is 8.41 Å². The van der Waals surface area contributed by atoms with Gasteiger partial charge in [-0.1, -0.05) is 0 Å². The van der Waals surface area contributed by atoms with Crippen LogP contribution in [0, 0.1) is 0 Å². The minimum atomic E-state index is 0. The number of halogens is 4. The molecule has 0 aliphatic carbocycles. The SMILES string of the molecule is F.F.F.F.[B].[Ca+2].[H-].[H-]. The topological polar surface area (TPSA) is 0 Å². The van der Waals surface area contributed by atoms with Gasteiger partial charge < -0.3 is 2.85 Å². The fourth-order valence-corrected chi connectivity index (χ4v) is 0. The van der Waals surface area contributed by atoms with E-state index in [2.05, 4.69) is 0 Å². The maximum Gasteiger partial charge on any atom is 2.00 e. The van der Waals surface area contributed by atoms with Gasteiger partial charge in [0.2, 0.25) is 0 Å². The zero-order valence-electron chi connectivity index (χ0n) is 4.92. The average Bonchev–Trinajstić information content (AvgIpc) is 0. The van der Waals surface area contributed by atoms with E-state index < -0.39 is 0 Å². The van der Waals surface area contributed by atoms with Crippen molar-refractivity contribution in [1.29, 1.82) is 0 Å². The predicted octanol–water partition coefficient (Wildman–Crippen LogP) is 0.0734. The molecule has 6 heteroatoms. The van der Waals surface area contributed by atoms with Gasteiger partial charge in [-0.25, -0.2) is 0 Å². The summed E-state index contributed by atoms with van der Waals surface area (Å²) in [7, 11) is 0. The van der Waals surface area contributed by atoms with E-state index in [1.165, 1.54) is 0 Å². The van der Waals surface area contributed by atoms with Crippen LogP contribution in [-0.4, -0.2) is 46.2 Å². The third kappa shape index (κ3) is 75.6. The summed E-state index contributed by atoms with van der Waals surface area (Å²) in [5.41, 5.74) is 0. The van der Waals surface area contributed by atoms with Crippen molar-refractivity contribution in [3.8, 4) is 0 Å². The Bertz CT molecular complexity index is 14.0. The van der Waals surface area contributed by atoms with Crippen LogP contribution in [0.25, 0.3) is 0 Å². The van der Waals surface area contributed by atoms with Crippen LogP contribution in [0.4, 0.5) is 18.8 Å². The van der Waals surface area contributed by atoms with Crippen LogP contribution in [0.3, 0.4) is 0 Å². The van der Waals surface area contributed by atoms with Crippen LogP contribution in [0.15, 0.2) is 0 Å². The Kier molecular flexibility index (Phi) is 5540. The summed E-state index contributed by atoms with van der Waals surface area (Å²) in [6.45, 7) is 0. The molecular weight excluding hydrogens is 127 g/mol. The summed E-state index contributed by atoms with van der Waals surface area (Å²) < 4.78 is 0. The minimum absolute atomic E-state index is 0. The summed E-state index contributed by atoms with van der Waals surface area (Å²) in [4.78, 5) is 0. The second-order valence-electron chi connectivity index (χ2n) is 0. The fraction of sp³-hybridized carbons (Fsp3) is 0. The van der Waals surface area contributed by atoms with Gasteiger partial charge in [-0.2, -0.15) is 0 Å². The maximum atomic E-state index is 0. The Morgan fingerprint density at radius 3 is 0.667 bits per heavy atom. The van der Waals surface area contributed by atoms with Crippen molar-refractivity contribution >= 4 is 46.2 Å². The van der Waals surface area contributed by atoms with Crippen molar-refractivity contribution in [2.45, 2.75) is 0 Å². The van der Waals surface area contributed by atoms with Crippen molar-refractivity contribution in [3.63, 3.8) is 0 Å². The molecule has 0 saturated heterocycles. The molecule has 0 aromatic carbocycles. The second kappa shape index (κ2) is 141. The monoisotopic (exact) mass is 133 g/mol. The van der Waals surface area contributed by atoms with Crippen LogP contribution >= 0.6 is 0 Å². The molecule has 0 heterocycles. The van der Waals surface area contributed by atoms with E-state index in [0.29, 0.717) is 0 Å². The summed E-state index contributed by atoms with van der Waals surface area (Å²) in [5.74, 6) is 0. The molecule has 0 aromatic rings. The van der Waals surface area contributed by atoms with Gasteiger partial charge in [0.05, 0.1) is 0 Å². The maximum absolute atomic E-state index is 0. The largest absolute Gasteiger partial charge is 2.00 e. The van der Waals surface area contributed by atoms with Gasteiger partial charge >= 0.3 is 37.7 Å². The Morgan fingerprint density at radius 1 is 0.667 bits per heavy atom. The van der Waals surface area contributed by atoms with Crippen LogP contribution < -0.4 is 0 Å². The number of hydrogen-bond acceptors (Lipinski definition) is 0.